The van der Waals surface area contributed by atoms with E-state index in [1.165, 1.54) is 18.4 Å². The number of aliphatic hydroxyl groups excluding tert-OH is 1. The van der Waals surface area contributed by atoms with Gasteiger partial charge in [0.25, 0.3) is 0 Å². The summed E-state index contributed by atoms with van der Waals surface area (Å²) in [4.78, 5) is 0. The van der Waals surface area contributed by atoms with Crippen LogP contribution in [0.3, 0.4) is 0 Å². The first-order chi connectivity index (χ1) is 6.72. The lowest BCUT2D eigenvalue weighted by Gasteiger charge is -2.12. The molecule has 1 radical (unpaired) electrons. The number of aliphatic hydroxyl groups is 1. The van der Waals surface area contributed by atoms with Gasteiger partial charge in [0.2, 0.25) is 0 Å². The zero-order valence-electron chi connectivity index (χ0n) is 8.04. The van der Waals surface area contributed by atoms with Crippen LogP contribution in [0.15, 0.2) is 18.2 Å². The van der Waals surface area contributed by atoms with Crippen molar-refractivity contribution in [2.24, 2.45) is 0 Å². The maximum Gasteiger partial charge on any atom is 0.0500 e. The second kappa shape index (κ2) is 3.92. The summed E-state index contributed by atoms with van der Waals surface area (Å²) in [6.07, 6.45) is 2.56. The van der Waals surface area contributed by atoms with Crippen molar-refractivity contribution < 1.29 is 5.11 Å². The van der Waals surface area contributed by atoms with Crippen LogP contribution in [0, 0.1) is 6.92 Å². The monoisotopic (exact) mass is 209 g/mol. The van der Waals surface area contributed by atoms with Crippen LogP contribution in [0.4, 0.5) is 0 Å². The van der Waals surface area contributed by atoms with E-state index in [-0.39, 0.29) is 12.5 Å². The van der Waals surface area contributed by atoms with Crippen molar-refractivity contribution in [1.29, 1.82) is 0 Å². The Labute approximate surface area is 89.7 Å². The van der Waals surface area contributed by atoms with Gasteiger partial charge in [0, 0.05) is 17.5 Å². The fraction of sp³-hybridized carbons (Fsp3) is 0.417. The third-order valence-corrected chi connectivity index (χ3v) is 3.07. The molecule has 0 spiro atoms. The number of halogens is 1. The zero-order valence-corrected chi connectivity index (χ0v) is 8.80. The van der Waals surface area contributed by atoms with E-state index in [2.05, 4.69) is 19.1 Å². The van der Waals surface area contributed by atoms with Gasteiger partial charge in [-0.25, -0.2) is 0 Å². The average Bonchev–Trinajstić information content (AvgIpc) is 3.01. The van der Waals surface area contributed by atoms with Crippen LogP contribution in [0.1, 0.15) is 35.8 Å². The van der Waals surface area contributed by atoms with Crippen LogP contribution in [0.5, 0.6) is 0 Å². The molecule has 0 heterocycles. The van der Waals surface area contributed by atoms with Crippen molar-refractivity contribution in [3.05, 3.63) is 41.3 Å². The molecule has 0 bridgehead atoms. The van der Waals surface area contributed by atoms with Crippen LogP contribution >= 0.6 is 11.6 Å². The molecule has 1 atom stereocenters. The number of benzene rings is 1. The molecular weight excluding hydrogens is 196 g/mol. The summed E-state index contributed by atoms with van der Waals surface area (Å²) in [5.74, 6) is 0.609. The average molecular weight is 210 g/mol. The van der Waals surface area contributed by atoms with Crippen molar-refractivity contribution in [1.82, 2.24) is 0 Å². The lowest BCUT2D eigenvalue weighted by atomic mass is 9.98. The normalized spacial score (nSPS) is 18.2. The highest BCUT2D eigenvalue weighted by atomic mass is 35.5. The number of hydrogen-bond donors (Lipinski definition) is 1. The van der Waals surface area contributed by atoms with Gasteiger partial charge in [-0.3, -0.25) is 0 Å². The highest BCUT2D eigenvalue weighted by Gasteiger charge is 2.24. The fourth-order valence-corrected chi connectivity index (χ4v) is 1.92. The Bertz CT molecular complexity index is 331. The quantitative estimate of drug-likeness (QED) is 0.811. The van der Waals surface area contributed by atoms with E-state index in [0.717, 1.165) is 11.5 Å². The third kappa shape index (κ3) is 1.94. The van der Waals surface area contributed by atoms with Crippen LogP contribution < -0.4 is 0 Å². The summed E-state index contributed by atoms with van der Waals surface area (Å²) in [5, 5.41) is 9.75. The first kappa shape index (κ1) is 10.0. The van der Waals surface area contributed by atoms with Gasteiger partial charge in [-0.05, 0) is 42.9 Å². The Morgan fingerprint density at radius 1 is 1.50 bits per heavy atom. The molecule has 1 N–H and O–H groups in total. The number of hydrogen-bond acceptors (Lipinski definition) is 1. The molecule has 1 aliphatic rings. The second-order valence-corrected chi connectivity index (χ2v) is 4.34. The van der Waals surface area contributed by atoms with Crippen molar-refractivity contribution in [3.63, 3.8) is 0 Å². The van der Waals surface area contributed by atoms with Gasteiger partial charge >= 0.3 is 0 Å². The molecule has 75 valence electrons. The van der Waals surface area contributed by atoms with E-state index in [1.54, 1.807) is 0 Å². The van der Waals surface area contributed by atoms with Crippen LogP contribution in [0.25, 0.3) is 0 Å². The highest BCUT2D eigenvalue weighted by Crippen LogP contribution is 2.41. The summed E-state index contributed by atoms with van der Waals surface area (Å²) in [6.45, 7) is 3.92. The molecule has 0 saturated heterocycles. The molecule has 1 aromatic carbocycles. The molecule has 1 aromatic rings. The molecule has 1 nitrogen and oxygen atoms in total. The van der Waals surface area contributed by atoms with E-state index in [4.69, 9.17) is 16.7 Å². The van der Waals surface area contributed by atoms with Crippen molar-refractivity contribution in [3.8, 4) is 0 Å². The molecule has 1 aliphatic carbocycles. The topological polar surface area (TPSA) is 20.2 Å². The van der Waals surface area contributed by atoms with Crippen LogP contribution in [-0.4, -0.2) is 11.7 Å². The minimum Gasteiger partial charge on any atom is -0.396 e. The number of rotatable bonds is 3. The molecular formula is C12H14ClO. The van der Waals surface area contributed by atoms with Gasteiger partial charge < -0.3 is 5.11 Å². The smallest absolute Gasteiger partial charge is 0.0500 e. The van der Waals surface area contributed by atoms with Crippen LogP contribution in [-0.2, 0) is 0 Å². The van der Waals surface area contributed by atoms with E-state index < -0.39 is 0 Å². The predicted molar refractivity (Wildman–Crippen MR) is 58.6 cm³/mol. The third-order valence-electron chi connectivity index (χ3n) is 2.73. The summed E-state index contributed by atoms with van der Waals surface area (Å²) < 4.78 is 0. The van der Waals surface area contributed by atoms with E-state index in [9.17, 15) is 0 Å². The van der Waals surface area contributed by atoms with Gasteiger partial charge in [-0.15, -0.1) is 0 Å². The SMILES string of the molecule is [CH2]C(CO)c1cc(C2CC2)ccc1Cl. The summed E-state index contributed by atoms with van der Waals surface area (Å²) in [7, 11) is 0. The van der Waals surface area contributed by atoms with Gasteiger partial charge in [0.05, 0.1) is 0 Å². The molecule has 0 amide bonds. The Morgan fingerprint density at radius 3 is 2.79 bits per heavy atom. The molecule has 0 aromatic heterocycles. The lowest BCUT2D eigenvalue weighted by Crippen LogP contribution is -2.00. The molecule has 2 rings (SSSR count). The molecule has 1 fully saturated rings. The van der Waals surface area contributed by atoms with E-state index in [1.807, 2.05) is 6.07 Å². The van der Waals surface area contributed by atoms with Gasteiger partial charge in [-0.1, -0.05) is 23.7 Å². The van der Waals surface area contributed by atoms with Crippen molar-refractivity contribution in [2.75, 3.05) is 6.61 Å². The fourth-order valence-electron chi connectivity index (χ4n) is 1.64. The second-order valence-electron chi connectivity index (χ2n) is 3.93. The minimum atomic E-state index is -0.110. The maximum absolute atomic E-state index is 9.04. The van der Waals surface area contributed by atoms with Gasteiger partial charge in [0.1, 0.15) is 0 Å². The lowest BCUT2D eigenvalue weighted by molar-refractivity contribution is 0.282. The van der Waals surface area contributed by atoms with Gasteiger partial charge in [0.15, 0.2) is 0 Å². The highest BCUT2D eigenvalue weighted by molar-refractivity contribution is 6.31. The molecule has 1 unspecified atom stereocenters. The zero-order chi connectivity index (χ0) is 10.1. The molecule has 14 heavy (non-hydrogen) atoms. The van der Waals surface area contributed by atoms with Crippen molar-refractivity contribution >= 4 is 11.6 Å². The summed E-state index contributed by atoms with van der Waals surface area (Å²) in [6, 6.07) is 6.08. The molecule has 1 saturated carbocycles. The standard InChI is InChI=1S/C12H14ClO/c1-8(7-14)11-6-10(9-2-3-9)4-5-12(11)13/h4-6,8-9,14H,1-3,7H2. The predicted octanol–water partition coefficient (Wildman–Crippen LogP) is 3.13. The Morgan fingerprint density at radius 2 is 2.21 bits per heavy atom. The minimum absolute atomic E-state index is 0.0494. The molecule has 0 aliphatic heterocycles. The largest absolute Gasteiger partial charge is 0.396 e. The molecule has 2 heteroatoms. The first-order valence-corrected chi connectivity index (χ1v) is 5.33. The van der Waals surface area contributed by atoms with E-state index in [0.29, 0.717) is 5.02 Å². The Balaban J connectivity index is 2.31. The maximum atomic E-state index is 9.04. The van der Waals surface area contributed by atoms with Crippen LogP contribution in [0.2, 0.25) is 5.02 Å². The Hall–Kier alpha value is -0.530. The first-order valence-electron chi connectivity index (χ1n) is 4.95. The summed E-state index contributed by atoms with van der Waals surface area (Å²) in [5.41, 5.74) is 2.31. The summed E-state index contributed by atoms with van der Waals surface area (Å²) >= 11 is 6.04. The Kier molecular flexibility index (Phi) is 2.80. The van der Waals surface area contributed by atoms with Crippen molar-refractivity contribution in [2.45, 2.75) is 24.7 Å². The van der Waals surface area contributed by atoms with Gasteiger partial charge in [-0.2, -0.15) is 0 Å². The van der Waals surface area contributed by atoms with E-state index >= 15 is 0 Å².